The van der Waals surface area contributed by atoms with Crippen molar-refractivity contribution in [3.8, 4) is 0 Å². The Morgan fingerprint density at radius 2 is 1.93 bits per heavy atom. The van der Waals surface area contributed by atoms with Gasteiger partial charge in [0.15, 0.2) is 0 Å². The maximum Gasteiger partial charge on any atom is 0.0660 e. The Hall–Kier alpha value is -0.830. The zero-order valence-corrected chi connectivity index (χ0v) is 9.05. The zero-order chi connectivity index (χ0) is 9.97. The average Bonchev–Trinajstić information content (AvgIpc) is 2.70. The molecule has 0 aliphatic heterocycles. The Kier molecular flexibility index (Phi) is 2.87. The minimum atomic E-state index is -0.108. The number of rotatable bonds is 2. The normalized spacial score (nSPS) is 12.7. The van der Waals surface area contributed by atoms with Gasteiger partial charge in [-0.05, 0) is 23.1 Å². The van der Waals surface area contributed by atoms with Gasteiger partial charge in [0.1, 0.15) is 0 Å². The van der Waals surface area contributed by atoms with Gasteiger partial charge >= 0.3 is 0 Å². The number of hydrogen-bond donors (Lipinski definition) is 1. The van der Waals surface area contributed by atoms with Gasteiger partial charge in [0.25, 0.3) is 0 Å². The van der Waals surface area contributed by atoms with Crippen molar-refractivity contribution < 1.29 is 0 Å². The SMILES string of the molecule is NC(c1cccs1)c1ccccc1Cl. The van der Waals surface area contributed by atoms with E-state index < -0.39 is 0 Å². The summed E-state index contributed by atoms with van der Waals surface area (Å²) in [4.78, 5) is 1.14. The minimum Gasteiger partial charge on any atom is -0.320 e. The van der Waals surface area contributed by atoms with Gasteiger partial charge in [0.2, 0.25) is 0 Å². The van der Waals surface area contributed by atoms with Crippen molar-refractivity contribution in [3.05, 3.63) is 57.2 Å². The molecule has 0 radical (unpaired) electrons. The number of halogens is 1. The number of thiophene rings is 1. The van der Waals surface area contributed by atoms with E-state index in [0.29, 0.717) is 0 Å². The average molecular weight is 224 g/mol. The molecule has 1 aromatic carbocycles. The first-order valence-corrected chi connectivity index (χ1v) is 5.58. The van der Waals surface area contributed by atoms with Gasteiger partial charge in [-0.15, -0.1) is 11.3 Å². The first kappa shape index (κ1) is 9.71. The monoisotopic (exact) mass is 223 g/mol. The van der Waals surface area contributed by atoms with Gasteiger partial charge in [-0.3, -0.25) is 0 Å². The van der Waals surface area contributed by atoms with Crippen LogP contribution in [0.1, 0.15) is 16.5 Å². The molecule has 0 bridgehead atoms. The summed E-state index contributed by atoms with van der Waals surface area (Å²) >= 11 is 7.71. The van der Waals surface area contributed by atoms with Crippen LogP contribution in [0, 0.1) is 0 Å². The van der Waals surface area contributed by atoms with Gasteiger partial charge in [0, 0.05) is 9.90 Å². The molecular weight excluding hydrogens is 214 g/mol. The Labute approximate surface area is 92.1 Å². The zero-order valence-electron chi connectivity index (χ0n) is 7.48. The number of nitrogens with two attached hydrogens (primary N) is 1. The minimum absolute atomic E-state index is 0.108. The summed E-state index contributed by atoms with van der Waals surface area (Å²) in [7, 11) is 0. The standard InChI is InChI=1S/C11H10ClNS/c12-9-5-2-1-4-8(9)11(13)10-6-3-7-14-10/h1-7,11H,13H2. The van der Waals surface area contributed by atoms with Crippen LogP contribution in [0.5, 0.6) is 0 Å². The predicted molar refractivity (Wildman–Crippen MR) is 61.8 cm³/mol. The Morgan fingerprint density at radius 1 is 1.14 bits per heavy atom. The molecule has 72 valence electrons. The van der Waals surface area contributed by atoms with E-state index in [9.17, 15) is 0 Å². The van der Waals surface area contributed by atoms with Crippen molar-refractivity contribution in [1.29, 1.82) is 0 Å². The molecule has 2 rings (SSSR count). The summed E-state index contributed by atoms with van der Waals surface area (Å²) in [6, 6.07) is 11.6. The highest BCUT2D eigenvalue weighted by atomic mass is 35.5. The van der Waals surface area contributed by atoms with Crippen LogP contribution in [0.25, 0.3) is 0 Å². The second-order valence-corrected chi connectivity index (χ2v) is 4.40. The molecule has 14 heavy (non-hydrogen) atoms. The van der Waals surface area contributed by atoms with Crippen molar-refractivity contribution in [3.63, 3.8) is 0 Å². The maximum absolute atomic E-state index is 6.09. The molecule has 0 spiro atoms. The van der Waals surface area contributed by atoms with Gasteiger partial charge < -0.3 is 5.73 Å². The van der Waals surface area contributed by atoms with Gasteiger partial charge in [0.05, 0.1) is 6.04 Å². The smallest absolute Gasteiger partial charge is 0.0660 e. The van der Waals surface area contributed by atoms with E-state index in [0.717, 1.165) is 15.5 Å². The second-order valence-electron chi connectivity index (χ2n) is 3.01. The summed E-state index contributed by atoms with van der Waals surface area (Å²) in [5.41, 5.74) is 7.07. The molecule has 2 N–H and O–H groups in total. The van der Waals surface area contributed by atoms with Crippen LogP contribution in [0.15, 0.2) is 41.8 Å². The molecule has 1 heterocycles. The van der Waals surface area contributed by atoms with Crippen molar-refractivity contribution in [2.45, 2.75) is 6.04 Å². The van der Waals surface area contributed by atoms with E-state index in [-0.39, 0.29) is 6.04 Å². The lowest BCUT2D eigenvalue weighted by Crippen LogP contribution is -2.10. The van der Waals surface area contributed by atoms with E-state index in [4.69, 9.17) is 17.3 Å². The van der Waals surface area contributed by atoms with Crippen LogP contribution in [-0.4, -0.2) is 0 Å². The third-order valence-electron chi connectivity index (χ3n) is 2.09. The largest absolute Gasteiger partial charge is 0.320 e. The Morgan fingerprint density at radius 3 is 2.57 bits per heavy atom. The molecule has 1 unspecified atom stereocenters. The molecule has 0 saturated carbocycles. The molecule has 1 nitrogen and oxygen atoms in total. The first-order chi connectivity index (χ1) is 6.79. The number of hydrogen-bond acceptors (Lipinski definition) is 2. The maximum atomic E-state index is 6.09. The molecule has 1 aromatic heterocycles. The van der Waals surface area contributed by atoms with E-state index >= 15 is 0 Å². The van der Waals surface area contributed by atoms with Crippen molar-refractivity contribution in [1.82, 2.24) is 0 Å². The fraction of sp³-hybridized carbons (Fsp3) is 0.0909. The summed E-state index contributed by atoms with van der Waals surface area (Å²) in [5, 5.41) is 2.75. The van der Waals surface area contributed by atoms with Crippen LogP contribution in [0.2, 0.25) is 5.02 Å². The van der Waals surface area contributed by atoms with Crippen LogP contribution in [0.3, 0.4) is 0 Å². The fourth-order valence-electron chi connectivity index (χ4n) is 1.35. The molecule has 2 aromatic rings. The molecule has 0 fully saturated rings. The van der Waals surface area contributed by atoms with Crippen molar-refractivity contribution >= 4 is 22.9 Å². The van der Waals surface area contributed by atoms with Crippen LogP contribution < -0.4 is 5.73 Å². The van der Waals surface area contributed by atoms with E-state index in [2.05, 4.69) is 0 Å². The van der Waals surface area contributed by atoms with Gasteiger partial charge in [-0.25, -0.2) is 0 Å². The molecule has 3 heteroatoms. The lowest BCUT2D eigenvalue weighted by Gasteiger charge is -2.11. The highest BCUT2D eigenvalue weighted by Gasteiger charge is 2.12. The summed E-state index contributed by atoms with van der Waals surface area (Å²) < 4.78 is 0. The van der Waals surface area contributed by atoms with E-state index in [1.165, 1.54) is 0 Å². The second kappa shape index (κ2) is 4.13. The third kappa shape index (κ3) is 1.82. The fourth-order valence-corrected chi connectivity index (χ4v) is 2.35. The molecular formula is C11H10ClNS. The van der Waals surface area contributed by atoms with Crippen molar-refractivity contribution in [2.24, 2.45) is 5.73 Å². The van der Waals surface area contributed by atoms with Crippen LogP contribution in [0.4, 0.5) is 0 Å². The molecule has 0 aliphatic carbocycles. The van der Waals surface area contributed by atoms with Crippen LogP contribution >= 0.6 is 22.9 Å². The molecule has 0 amide bonds. The van der Waals surface area contributed by atoms with Gasteiger partial charge in [-0.2, -0.15) is 0 Å². The summed E-state index contributed by atoms with van der Waals surface area (Å²) in [6.45, 7) is 0. The summed E-state index contributed by atoms with van der Waals surface area (Å²) in [5.74, 6) is 0. The summed E-state index contributed by atoms with van der Waals surface area (Å²) in [6.07, 6.45) is 0. The van der Waals surface area contributed by atoms with Crippen molar-refractivity contribution in [2.75, 3.05) is 0 Å². The Balaban J connectivity index is 2.37. The van der Waals surface area contributed by atoms with E-state index in [1.807, 2.05) is 41.8 Å². The molecule has 1 atom stereocenters. The molecule has 0 saturated heterocycles. The van der Waals surface area contributed by atoms with Gasteiger partial charge in [-0.1, -0.05) is 35.9 Å². The Bertz CT molecular complexity index is 411. The third-order valence-corrected chi connectivity index (χ3v) is 3.39. The lowest BCUT2D eigenvalue weighted by atomic mass is 10.1. The quantitative estimate of drug-likeness (QED) is 0.829. The number of benzene rings is 1. The molecule has 0 aliphatic rings. The van der Waals surface area contributed by atoms with Crippen LogP contribution in [-0.2, 0) is 0 Å². The lowest BCUT2D eigenvalue weighted by molar-refractivity contribution is 0.894. The first-order valence-electron chi connectivity index (χ1n) is 4.32. The van der Waals surface area contributed by atoms with E-state index in [1.54, 1.807) is 11.3 Å². The highest BCUT2D eigenvalue weighted by molar-refractivity contribution is 7.10. The highest BCUT2D eigenvalue weighted by Crippen LogP contribution is 2.28. The topological polar surface area (TPSA) is 26.0 Å². The predicted octanol–water partition coefficient (Wildman–Crippen LogP) is 3.45.